The Morgan fingerprint density at radius 1 is 1.20 bits per heavy atom. The van der Waals surface area contributed by atoms with Crippen LogP contribution in [0.1, 0.15) is 12.8 Å². The van der Waals surface area contributed by atoms with Crippen LogP contribution in [0.4, 0.5) is 10.1 Å². The Morgan fingerprint density at radius 3 is 2.55 bits per heavy atom. The zero-order valence-electron chi connectivity index (χ0n) is 11.5. The number of nitrogens with zero attached hydrogens (tertiary/aromatic N) is 2. The van der Waals surface area contributed by atoms with Crippen LogP contribution in [0, 0.1) is 5.82 Å². The third-order valence-corrected chi connectivity index (χ3v) is 3.99. The molecule has 108 valence electrons. The van der Waals surface area contributed by atoms with Gasteiger partial charge in [-0.2, -0.15) is 0 Å². The van der Waals surface area contributed by atoms with E-state index in [1.165, 1.54) is 18.9 Å². The number of rotatable bonds is 4. The fourth-order valence-electron chi connectivity index (χ4n) is 2.68. The van der Waals surface area contributed by atoms with E-state index >= 15 is 0 Å². The van der Waals surface area contributed by atoms with E-state index in [2.05, 4.69) is 15.1 Å². The molecule has 1 amide bonds. The minimum absolute atomic E-state index is 0.144. The lowest BCUT2D eigenvalue weighted by atomic mass is 10.3. The zero-order valence-corrected chi connectivity index (χ0v) is 11.5. The van der Waals surface area contributed by atoms with Gasteiger partial charge in [0.1, 0.15) is 5.82 Å². The summed E-state index contributed by atoms with van der Waals surface area (Å²) in [5.74, 6) is -0.533. The van der Waals surface area contributed by atoms with Crippen LogP contribution in [0.25, 0.3) is 0 Å². The third-order valence-electron chi connectivity index (χ3n) is 3.99. The Kier molecular flexibility index (Phi) is 3.98. The van der Waals surface area contributed by atoms with Crippen LogP contribution in [0.15, 0.2) is 24.3 Å². The van der Waals surface area contributed by atoms with E-state index in [1.807, 2.05) is 0 Å². The maximum Gasteiger partial charge on any atom is 0.238 e. The normalized spacial score (nSPS) is 20.9. The van der Waals surface area contributed by atoms with Gasteiger partial charge in [-0.1, -0.05) is 12.1 Å². The molecule has 0 aromatic heterocycles. The summed E-state index contributed by atoms with van der Waals surface area (Å²) in [7, 11) is 0. The van der Waals surface area contributed by atoms with Gasteiger partial charge in [-0.05, 0) is 25.0 Å². The molecule has 1 saturated carbocycles. The number of para-hydroxylation sites is 1. The van der Waals surface area contributed by atoms with Crippen LogP contribution in [0.5, 0.6) is 0 Å². The lowest BCUT2D eigenvalue weighted by molar-refractivity contribution is -0.117. The highest BCUT2D eigenvalue weighted by Gasteiger charge is 2.31. The van der Waals surface area contributed by atoms with Gasteiger partial charge in [-0.3, -0.25) is 14.6 Å². The highest BCUT2D eigenvalue weighted by molar-refractivity contribution is 5.92. The molecule has 0 bridgehead atoms. The first-order chi connectivity index (χ1) is 9.72. The topological polar surface area (TPSA) is 35.6 Å². The van der Waals surface area contributed by atoms with Crippen LogP contribution in [0.2, 0.25) is 0 Å². The predicted octanol–water partition coefficient (Wildman–Crippen LogP) is 1.54. The van der Waals surface area contributed by atoms with Crippen molar-refractivity contribution < 1.29 is 9.18 Å². The number of nitrogens with one attached hydrogen (secondary N) is 1. The minimum Gasteiger partial charge on any atom is -0.322 e. The van der Waals surface area contributed by atoms with E-state index in [-0.39, 0.29) is 17.4 Å². The van der Waals surface area contributed by atoms with Crippen molar-refractivity contribution in [3.05, 3.63) is 30.1 Å². The molecule has 1 N–H and O–H groups in total. The molecule has 1 aliphatic heterocycles. The SMILES string of the molecule is O=C(CN1CCN(C2CC2)CC1)Nc1ccccc1F. The lowest BCUT2D eigenvalue weighted by Gasteiger charge is -2.34. The van der Waals surface area contributed by atoms with Crippen molar-refractivity contribution in [3.63, 3.8) is 0 Å². The van der Waals surface area contributed by atoms with E-state index in [4.69, 9.17) is 0 Å². The van der Waals surface area contributed by atoms with Crippen LogP contribution in [-0.4, -0.2) is 54.5 Å². The lowest BCUT2D eigenvalue weighted by Crippen LogP contribution is -2.49. The third kappa shape index (κ3) is 3.35. The number of benzene rings is 1. The molecule has 20 heavy (non-hydrogen) atoms. The molecule has 1 aliphatic carbocycles. The molecule has 3 rings (SSSR count). The van der Waals surface area contributed by atoms with Gasteiger partial charge in [-0.25, -0.2) is 4.39 Å². The summed E-state index contributed by atoms with van der Waals surface area (Å²) in [5, 5.41) is 2.63. The number of hydrogen-bond donors (Lipinski definition) is 1. The molecule has 2 fully saturated rings. The number of carbonyl (C=O) groups is 1. The number of anilines is 1. The molecule has 1 aromatic carbocycles. The van der Waals surface area contributed by atoms with E-state index in [9.17, 15) is 9.18 Å². The highest BCUT2D eigenvalue weighted by atomic mass is 19.1. The Hall–Kier alpha value is -1.46. The molecular formula is C15H20FN3O. The van der Waals surface area contributed by atoms with Gasteiger partial charge in [0.2, 0.25) is 5.91 Å². The van der Waals surface area contributed by atoms with Gasteiger partial charge >= 0.3 is 0 Å². The van der Waals surface area contributed by atoms with Crippen molar-refractivity contribution in [2.24, 2.45) is 0 Å². The van der Waals surface area contributed by atoms with Crippen molar-refractivity contribution >= 4 is 11.6 Å². The van der Waals surface area contributed by atoms with Crippen molar-refractivity contribution in [3.8, 4) is 0 Å². The van der Waals surface area contributed by atoms with Crippen LogP contribution in [0.3, 0.4) is 0 Å². The Morgan fingerprint density at radius 2 is 1.90 bits per heavy atom. The van der Waals surface area contributed by atoms with Gasteiger partial charge in [0, 0.05) is 32.2 Å². The molecule has 0 atom stereocenters. The summed E-state index contributed by atoms with van der Waals surface area (Å²) in [6, 6.07) is 7.06. The van der Waals surface area contributed by atoms with Crippen molar-refractivity contribution in [1.29, 1.82) is 0 Å². The smallest absolute Gasteiger partial charge is 0.238 e. The average Bonchev–Trinajstić information content (AvgIpc) is 3.27. The molecule has 1 heterocycles. The second-order valence-corrected chi connectivity index (χ2v) is 5.57. The predicted molar refractivity (Wildman–Crippen MR) is 76.1 cm³/mol. The highest BCUT2D eigenvalue weighted by Crippen LogP contribution is 2.27. The number of amides is 1. The van der Waals surface area contributed by atoms with Crippen LogP contribution >= 0.6 is 0 Å². The van der Waals surface area contributed by atoms with E-state index in [0.717, 1.165) is 32.2 Å². The Bertz CT molecular complexity index is 482. The second kappa shape index (κ2) is 5.89. The quantitative estimate of drug-likeness (QED) is 0.907. The molecule has 1 aromatic rings. The molecule has 5 heteroatoms. The number of carbonyl (C=O) groups excluding carboxylic acids is 1. The molecular weight excluding hydrogens is 257 g/mol. The summed E-state index contributed by atoms with van der Waals surface area (Å²) in [4.78, 5) is 16.6. The molecule has 0 spiro atoms. The van der Waals surface area contributed by atoms with E-state index < -0.39 is 0 Å². The summed E-state index contributed by atoms with van der Waals surface area (Å²) in [5.41, 5.74) is 0.258. The molecule has 2 aliphatic rings. The molecule has 4 nitrogen and oxygen atoms in total. The molecule has 0 radical (unpaired) electrons. The van der Waals surface area contributed by atoms with Crippen molar-refractivity contribution in [1.82, 2.24) is 9.80 Å². The minimum atomic E-state index is -0.389. The maximum absolute atomic E-state index is 13.4. The Labute approximate surface area is 118 Å². The molecule has 1 saturated heterocycles. The fourth-order valence-corrected chi connectivity index (χ4v) is 2.68. The summed E-state index contributed by atoms with van der Waals surface area (Å²) < 4.78 is 13.4. The fraction of sp³-hybridized carbons (Fsp3) is 0.533. The van der Waals surface area contributed by atoms with Crippen LogP contribution in [-0.2, 0) is 4.79 Å². The van der Waals surface area contributed by atoms with Gasteiger partial charge in [-0.15, -0.1) is 0 Å². The van der Waals surface area contributed by atoms with E-state index in [0.29, 0.717) is 6.54 Å². The monoisotopic (exact) mass is 277 g/mol. The van der Waals surface area contributed by atoms with Crippen molar-refractivity contribution in [2.45, 2.75) is 18.9 Å². The van der Waals surface area contributed by atoms with Gasteiger partial charge < -0.3 is 5.32 Å². The summed E-state index contributed by atoms with van der Waals surface area (Å²) in [6.07, 6.45) is 2.65. The van der Waals surface area contributed by atoms with Gasteiger partial charge in [0.05, 0.1) is 12.2 Å². The average molecular weight is 277 g/mol. The van der Waals surface area contributed by atoms with Gasteiger partial charge in [0.15, 0.2) is 0 Å². The Balaban J connectivity index is 1.46. The number of halogens is 1. The first-order valence-corrected chi connectivity index (χ1v) is 7.23. The summed E-state index contributed by atoms with van der Waals surface area (Å²) >= 11 is 0. The second-order valence-electron chi connectivity index (χ2n) is 5.57. The first kappa shape index (κ1) is 13.5. The zero-order chi connectivity index (χ0) is 13.9. The number of piperazine rings is 1. The van der Waals surface area contributed by atoms with E-state index in [1.54, 1.807) is 18.2 Å². The molecule has 0 unspecified atom stereocenters. The van der Waals surface area contributed by atoms with Gasteiger partial charge in [0.25, 0.3) is 0 Å². The summed E-state index contributed by atoms with van der Waals surface area (Å²) in [6.45, 7) is 4.25. The maximum atomic E-state index is 13.4. The van der Waals surface area contributed by atoms with Crippen molar-refractivity contribution in [2.75, 3.05) is 38.0 Å². The number of hydrogen-bond acceptors (Lipinski definition) is 3. The first-order valence-electron chi connectivity index (χ1n) is 7.23. The largest absolute Gasteiger partial charge is 0.322 e. The van der Waals surface area contributed by atoms with Crippen LogP contribution < -0.4 is 5.32 Å². The standard InChI is InChI=1S/C15H20FN3O/c16-13-3-1-2-4-14(13)17-15(20)11-18-7-9-19(10-8-18)12-5-6-12/h1-4,12H,5-11H2,(H,17,20).